The van der Waals surface area contributed by atoms with Gasteiger partial charge in [0.1, 0.15) is 23.2 Å². The summed E-state index contributed by atoms with van der Waals surface area (Å²) in [6.07, 6.45) is 4.94. The first-order valence-electron chi connectivity index (χ1n) is 11.0. The van der Waals surface area contributed by atoms with Crippen molar-refractivity contribution in [3.63, 3.8) is 0 Å². The number of ether oxygens (including phenoxy) is 2. The number of rotatable bonds is 8. The molecule has 0 aliphatic heterocycles. The number of carbonyl (C=O) groups excluding carboxylic acids is 2. The number of esters is 1. The zero-order chi connectivity index (χ0) is 24.9. The van der Waals surface area contributed by atoms with Gasteiger partial charge >= 0.3 is 5.97 Å². The van der Waals surface area contributed by atoms with Gasteiger partial charge in [-0.2, -0.15) is 0 Å². The smallest absolute Gasteiger partial charge is 0.341 e. The number of aryl methyl sites for hydroxylation is 1. The minimum atomic E-state index is -0.522. The molecule has 8 nitrogen and oxygen atoms in total. The first-order valence-corrected chi connectivity index (χ1v) is 13.2. The monoisotopic (exact) mass is 538 g/mol. The Bertz CT molecular complexity index is 1250. The van der Waals surface area contributed by atoms with Crippen LogP contribution in [0, 0.1) is 5.82 Å². The van der Waals surface area contributed by atoms with E-state index < -0.39 is 11.8 Å². The molecule has 1 amide bonds. The first-order chi connectivity index (χ1) is 16.9. The predicted molar refractivity (Wildman–Crippen MR) is 133 cm³/mol. The molecule has 35 heavy (non-hydrogen) atoms. The molecule has 2 aromatic heterocycles. The largest absolute Gasteiger partial charge is 0.486 e. The molecule has 0 radical (unpaired) electrons. The molecule has 0 spiro atoms. The van der Waals surface area contributed by atoms with Gasteiger partial charge in [0.05, 0.1) is 23.4 Å². The van der Waals surface area contributed by atoms with Crippen molar-refractivity contribution in [1.82, 2.24) is 14.8 Å². The summed E-state index contributed by atoms with van der Waals surface area (Å²) in [5.41, 5.74) is 1.48. The molecule has 1 aliphatic rings. The van der Waals surface area contributed by atoms with Gasteiger partial charge in [-0.3, -0.25) is 4.79 Å². The lowest BCUT2D eigenvalue weighted by atomic mass is 10.1. The van der Waals surface area contributed by atoms with Crippen LogP contribution in [0.15, 0.2) is 23.4 Å². The number of aromatic nitrogens is 3. The Labute approximate surface area is 215 Å². The van der Waals surface area contributed by atoms with Crippen molar-refractivity contribution < 1.29 is 23.5 Å². The van der Waals surface area contributed by atoms with E-state index in [-0.39, 0.29) is 23.3 Å². The fraction of sp³-hybridized carbons (Fsp3) is 0.391. The second kappa shape index (κ2) is 11.4. The van der Waals surface area contributed by atoms with Gasteiger partial charge in [-0.25, -0.2) is 9.18 Å². The first kappa shape index (κ1) is 25.5. The number of carbonyl (C=O) groups is 2. The quantitative estimate of drug-likeness (QED) is 0.244. The van der Waals surface area contributed by atoms with Crippen molar-refractivity contribution in [2.24, 2.45) is 7.05 Å². The average molecular weight is 539 g/mol. The molecule has 3 aromatic rings. The number of hydrogen-bond acceptors (Lipinski definition) is 8. The van der Waals surface area contributed by atoms with Gasteiger partial charge in [0.25, 0.3) is 0 Å². The van der Waals surface area contributed by atoms with Crippen molar-refractivity contribution in [2.75, 3.05) is 18.2 Å². The molecule has 12 heteroatoms. The molecule has 1 aromatic carbocycles. The third kappa shape index (κ3) is 5.96. The normalized spacial score (nSPS) is 13.1. The van der Waals surface area contributed by atoms with Crippen LogP contribution in [0.4, 0.5) is 9.39 Å². The lowest BCUT2D eigenvalue weighted by Crippen LogP contribution is -2.16. The summed E-state index contributed by atoms with van der Waals surface area (Å²) in [4.78, 5) is 26.3. The lowest BCUT2D eigenvalue weighted by Gasteiger charge is -2.08. The Hall–Kier alpha value is -2.63. The van der Waals surface area contributed by atoms with Crippen LogP contribution in [0.25, 0.3) is 0 Å². The second-order valence-electron chi connectivity index (χ2n) is 7.92. The van der Waals surface area contributed by atoms with E-state index in [1.807, 2.05) is 0 Å². The van der Waals surface area contributed by atoms with Crippen LogP contribution in [-0.4, -0.2) is 39.5 Å². The zero-order valence-corrected chi connectivity index (χ0v) is 21.6. The lowest BCUT2D eigenvalue weighted by molar-refractivity contribution is -0.113. The van der Waals surface area contributed by atoms with Crippen molar-refractivity contribution in [3.05, 3.63) is 50.9 Å². The molecule has 0 saturated heterocycles. The van der Waals surface area contributed by atoms with Crippen LogP contribution in [-0.2, 0) is 36.0 Å². The van der Waals surface area contributed by atoms with Gasteiger partial charge in [-0.1, -0.05) is 29.8 Å². The summed E-state index contributed by atoms with van der Waals surface area (Å²) in [6.45, 7) is 0.0987. The standard InChI is InChI=1S/C23H24ClFN4O4S2/c1-29-18(11-33-13-8-9-16(25)15(24)10-13)27-28-23(29)34-12-19(30)26-21-20(22(31)32-2)14-6-4-3-5-7-17(14)35-21/h8-10H,3-7,11-12H2,1-2H3,(H,26,30). The molecule has 1 aliphatic carbocycles. The van der Waals surface area contributed by atoms with Crippen molar-refractivity contribution in [2.45, 2.75) is 43.9 Å². The van der Waals surface area contributed by atoms with Gasteiger partial charge in [0, 0.05) is 18.0 Å². The topological polar surface area (TPSA) is 95.3 Å². The molecule has 2 heterocycles. The Morgan fingerprint density at radius 1 is 1.26 bits per heavy atom. The van der Waals surface area contributed by atoms with Crippen LogP contribution in [0.2, 0.25) is 5.02 Å². The Morgan fingerprint density at radius 2 is 2.06 bits per heavy atom. The van der Waals surface area contributed by atoms with Crippen molar-refractivity contribution >= 4 is 51.6 Å². The molecule has 4 rings (SSSR count). The van der Waals surface area contributed by atoms with Crippen LogP contribution < -0.4 is 10.1 Å². The highest BCUT2D eigenvalue weighted by Crippen LogP contribution is 2.38. The Morgan fingerprint density at radius 3 is 2.83 bits per heavy atom. The highest BCUT2D eigenvalue weighted by Gasteiger charge is 2.26. The van der Waals surface area contributed by atoms with Gasteiger partial charge in [0.2, 0.25) is 5.91 Å². The molecule has 186 valence electrons. The number of hydrogen-bond donors (Lipinski definition) is 1. The van der Waals surface area contributed by atoms with Gasteiger partial charge in [0.15, 0.2) is 11.0 Å². The molecule has 0 bridgehead atoms. The van der Waals surface area contributed by atoms with Crippen molar-refractivity contribution in [1.29, 1.82) is 0 Å². The summed E-state index contributed by atoms with van der Waals surface area (Å²) in [5.74, 6) is -0.173. The van der Waals surface area contributed by atoms with Crippen LogP contribution in [0.5, 0.6) is 5.75 Å². The van der Waals surface area contributed by atoms with Crippen LogP contribution >= 0.6 is 34.7 Å². The van der Waals surface area contributed by atoms with E-state index in [9.17, 15) is 14.0 Å². The summed E-state index contributed by atoms with van der Waals surface area (Å²) in [7, 11) is 3.12. The fourth-order valence-corrected chi connectivity index (χ4v) is 5.95. The maximum Gasteiger partial charge on any atom is 0.341 e. The molecule has 0 fully saturated rings. The highest BCUT2D eigenvalue weighted by molar-refractivity contribution is 7.99. The summed E-state index contributed by atoms with van der Waals surface area (Å²) < 4.78 is 25.6. The van der Waals surface area contributed by atoms with Gasteiger partial charge in [-0.05, 0) is 43.4 Å². The number of benzene rings is 1. The summed E-state index contributed by atoms with van der Waals surface area (Å²) in [5, 5.41) is 12.2. The maximum atomic E-state index is 13.3. The average Bonchev–Trinajstić information content (AvgIpc) is 3.27. The Kier molecular flexibility index (Phi) is 8.30. The van der Waals surface area contributed by atoms with E-state index in [4.69, 9.17) is 21.1 Å². The number of halogens is 2. The Balaban J connectivity index is 1.37. The van der Waals surface area contributed by atoms with Crippen molar-refractivity contribution in [3.8, 4) is 5.75 Å². The maximum absolute atomic E-state index is 13.3. The third-order valence-corrected chi connectivity index (χ3v) is 8.10. The van der Waals surface area contributed by atoms with E-state index in [1.165, 1.54) is 48.4 Å². The number of thioether (sulfide) groups is 1. The van der Waals surface area contributed by atoms with E-state index in [0.29, 0.717) is 27.3 Å². The molecule has 0 unspecified atom stereocenters. The SMILES string of the molecule is COC(=O)c1c(NC(=O)CSc2nnc(COc3ccc(F)c(Cl)c3)n2C)sc2c1CCCCC2. The second-order valence-corrected chi connectivity index (χ2v) is 10.4. The van der Waals surface area contributed by atoms with Gasteiger partial charge < -0.3 is 19.4 Å². The number of fused-ring (bicyclic) bond motifs is 1. The minimum absolute atomic E-state index is 0.0276. The summed E-state index contributed by atoms with van der Waals surface area (Å²) >= 11 is 8.45. The molecule has 0 saturated carbocycles. The number of nitrogens with one attached hydrogen (secondary N) is 1. The highest BCUT2D eigenvalue weighted by atomic mass is 35.5. The van der Waals surface area contributed by atoms with E-state index in [0.717, 1.165) is 42.5 Å². The fourth-order valence-electron chi connectivity index (χ4n) is 3.75. The number of thiophene rings is 1. The van der Waals surface area contributed by atoms with E-state index >= 15 is 0 Å². The number of methoxy groups -OCH3 is 1. The van der Waals surface area contributed by atoms with Gasteiger partial charge in [-0.15, -0.1) is 21.5 Å². The number of amides is 1. The predicted octanol–water partition coefficient (Wildman–Crippen LogP) is 5.03. The minimum Gasteiger partial charge on any atom is -0.486 e. The van der Waals surface area contributed by atoms with Crippen LogP contribution in [0.3, 0.4) is 0 Å². The summed E-state index contributed by atoms with van der Waals surface area (Å²) in [6, 6.07) is 4.09. The van der Waals surface area contributed by atoms with Crippen LogP contribution in [0.1, 0.15) is 45.9 Å². The molecular formula is C23H24ClFN4O4S2. The molecule has 0 atom stereocenters. The number of anilines is 1. The molecule has 1 N–H and O–H groups in total. The zero-order valence-electron chi connectivity index (χ0n) is 19.2. The van der Waals surface area contributed by atoms with E-state index in [1.54, 1.807) is 11.6 Å². The third-order valence-electron chi connectivity index (χ3n) is 5.58. The molecular weight excluding hydrogens is 515 g/mol. The van der Waals surface area contributed by atoms with E-state index in [2.05, 4.69) is 15.5 Å². The number of nitrogens with zero attached hydrogens (tertiary/aromatic N) is 3.